The molecular formula is C29H42N6O9S. The average Bonchev–Trinajstić information content (AvgIpc) is 3.27. The second-order valence-corrected chi connectivity index (χ2v) is 13.6. The number of ether oxygens (including phenoxy) is 1. The van der Waals surface area contributed by atoms with Gasteiger partial charge in [-0.1, -0.05) is 57.5 Å². The van der Waals surface area contributed by atoms with Crippen molar-refractivity contribution >= 4 is 39.7 Å². The normalized spacial score (nSPS) is 25.5. The van der Waals surface area contributed by atoms with E-state index < -0.39 is 86.9 Å². The molecule has 0 radical (unpaired) electrons. The molecule has 1 heterocycles. The Hall–Kier alpha value is -4.02. The lowest BCUT2D eigenvalue weighted by Crippen LogP contribution is -2.67. The lowest BCUT2D eigenvalue weighted by molar-refractivity contribution is -0.166. The van der Waals surface area contributed by atoms with Crippen molar-refractivity contribution in [2.75, 3.05) is 19.3 Å². The first-order valence-corrected chi connectivity index (χ1v) is 16.2. The van der Waals surface area contributed by atoms with E-state index in [9.17, 15) is 37.5 Å². The fourth-order valence-electron chi connectivity index (χ4n) is 5.95. The minimum atomic E-state index is -4.63. The van der Waals surface area contributed by atoms with Crippen molar-refractivity contribution in [1.82, 2.24) is 14.9 Å². The monoisotopic (exact) mass is 650 g/mol. The first-order chi connectivity index (χ1) is 20.9. The first kappa shape index (κ1) is 35.5. The summed E-state index contributed by atoms with van der Waals surface area (Å²) in [5, 5.41) is 12.9. The van der Waals surface area contributed by atoms with Crippen LogP contribution < -0.4 is 27.2 Å². The molecule has 1 aromatic rings. The molecule has 0 saturated heterocycles. The largest absolute Gasteiger partial charge is 0.479 e. The number of fused-ring (bicyclic) bond motifs is 1. The quantitative estimate of drug-likeness (QED) is 0.137. The van der Waals surface area contributed by atoms with Gasteiger partial charge in [0, 0.05) is 43.1 Å². The van der Waals surface area contributed by atoms with Gasteiger partial charge in [-0.3, -0.25) is 23.9 Å². The summed E-state index contributed by atoms with van der Waals surface area (Å²) in [6.07, 6.45) is 0.126. The summed E-state index contributed by atoms with van der Waals surface area (Å²) >= 11 is 0. The number of carbonyl (C=O) groups excluding carboxylic acids is 4. The van der Waals surface area contributed by atoms with Crippen LogP contribution in [0.25, 0.3) is 0 Å². The molecule has 0 bridgehead atoms. The van der Waals surface area contributed by atoms with E-state index in [1.54, 1.807) is 62.9 Å². The van der Waals surface area contributed by atoms with Crippen molar-refractivity contribution < 1.29 is 42.2 Å². The molecule has 2 aliphatic rings. The SMILES string of the molecule is CC[C@H](C)[C@H](N)C(=O)NS(=O)(=O)CC(=O)N[C@@]1(C(=O)O)[C@@H](OC(=O)[C@@H](N)[C@H](C)c2ccccc2)C[C@H]2C(C(N)=O)=CN(C)C[C@H]21. The van der Waals surface area contributed by atoms with E-state index in [0.717, 1.165) is 5.56 Å². The Balaban J connectivity index is 1.95. The Morgan fingerprint density at radius 3 is 2.29 bits per heavy atom. The van der Waals surface area contributed by atoms with Crippen molar-refractivity contribution in [1.29, 1.82) is 0 Å². The smallest absolute Gasteiger partial charge is 0.333 e. The predicted molar refractivity (Wildman–Crippen MR) is 162 cm³/mol. The molecule has 0 unspecified atom stereocenters. The van der Waals surface area contributed by atoms with Gasteiger partial charge in [-0.2, -0.15) is 0 Å². The van der Waals surface area contributed by atoms with Crippen molar-refractivity contribution in [2.45, 2.75) is 63.3 Å². The standard InChI is InChI=1S/C29H42N6O9S/c1-5-15(2)23(30)26(38)34-45(42,43)14-22(36)33-29(28(40)41)20-13-35(4)12-19(25(32)37)18(20)11-21(29)44-27(39)24(31)16(3)17-9-7-6-8-10-17/h6-10,12,15-16,18,20-21,23-24H,5,11,13-14,30-31H2,1-4H3,(H2,32,37)(H,33,36)(H,34,38)(H,40,41)/t15-,16+,18-,20+,21-,23-,24-,29+/m0/s1. The number of amides is 3. The number of nitrogens with one attached hydrogen (secondary N) is 2. The number of aliphatic carboxylic acids is 1. The number of rotatable bonds is 13. The maximum Gasteiger partial charge on any atom is 0.333 e. The Bertz CT molecular complexity index is 1450. The van der Waals surface area contributed by atoms with Gasteiger partial charge in [0.25, 0.3) is 5.91 Å². The number of hydrogen-bond acceptors (Lipinski definition) is 11. The van der Waals surface area contributed by atoms with Gasteiger partial charge < -0.3 is 37.3 Å². The molecule has 9 N–H and O–H groups in total. The number of primary amides is 1. The summed E-state index contributed by atoms with van der Waals surface area (Å²) in [6.45, 7) is 5.08. The number of carboxylic acids is 1. The number of esters is 1. The lowest BCUT2D eigenvalue weighted by Gasteiger charge is -2.41. The third-order valence-corrected chi connectivity index (χ3v) is 9.96. The molecule has 1 saturated carbocycles. The van der Waals surface area contributed by atoms with E-state index in [1.165, 1.54) is 11.1 Å². The maximum absolute atomic E-state index is 13.4. The number of hydrogen-bond donors (Lipinski definition) is 6. The summed E-state index contributed by atoms with van der Waals surface area (Å²) in [5.41, 5.74) is 16.0. The molecule has 1 aromatic carbocycles. The molecular weight excluding hydrogens is 608 g/mol. The van der Waals surface area contributed by atoms with Gasteiger partial charge in [-0.05, 0) is 17.9 Å². The molecule has 16 heteroatoms. The van der Waals surface area contributed by atoms with E-state index in [4.69, 9.17) is 21.9 Å². The van der Waals surface area contributed by atoms with E-state index in [0.29, 0.717) is 6.42 Å². The van der Waals surface area contributed by atoms with Gasteiger partial charge in [0.1, 0.15) is 17.9 Å². The second-order valence-electron chi connectivity index (χ2n) is 11.8. The van der Waals surface area contributed by atoms with Crippen LogP contribution in [0.5, 0.6) is 0 Å². The number of carbonyl (C=O) groups is 5. The van der Waals surface area contributed by atoms with Gasteiger partial charge >= 0.3 is 11.9 Å². The van der Waals surface area contributed by atoms with Crippen LogP contribution in [0.15, 0.2) is 42.1 Å². The van der Waals surface area contributed by atoms with Crippen molar-refractivity contribution in [3.8, 4) is 0 Å². The van der Waals surface area contributed by atoms with Gasteiger partial charge in [-0.15, -0.1) is 0 Å². The molecule has 1 aliphatic heterocycles. The van der Waals surface area contributed by atoms with Crippen LogP contribution in [0.3, 0.4) is 0 Å². The van der Waals surface area contributed by atoms with E-state index in [1.807, 2.05) is 0 Å². The molecule has 0 spiro atoms. The molecule has 15 nitrogen and oxygen atoms in total. The molecule has 8 atom stereocenters. The first-order valence-electron chi connectivity index (χ1n) is 14.5. The summed E-state index contributed by atoms with van der Waals surface area (Å²) in [6, 6.07) is 6.43. The van der Waals surface area contributed by atoms with Gasteiger partial charge in [-0.25, -0.2) is 13.2 Å². The topological polar surface area (TPSA) is 254 Å². The number of sulfonamides is 1. The summed E-state index contributed by atoms with van der Waals surface area (Å²) in [5.74, 6) is -9.96. The zero-order valence-electron chi connectivity index (χ0n) is 25.6. The van der Waals surface area contributed by atoms with Crippen LogP contribution in [0.1, 0.15) is 45.1 Å². The predicted octanol–water partition coefficient (Wildman–Crippen LogP) is -1.26. The van der Waals surface area contributed by atoms with E-state index >= 15 is 0 Å². The highest BCUT2D eigenvalue weighted by atomic mass is 32.2. The Morgan fingerprint density at radius 2 is 1.73 bits per heavy atom. The lowest BCUT2D eigenvalue weighted by atomic mass is 9.77. The number of nitrogens with two attached hydrogens (primary N) is 3. The van der Waals surface area contributed by atoms with Crippen LogP contribution in [0, 0.1) is 17.8 Å². The molecule has 248 valence electrons. The minimum Gasteiger partial charge on any atom is -0.479 e. The van der Waals surface area contributed by atoms with E-state index in [2.05, 4.69) is 5.32 Å². The van der Waals surface area contributed by atoms with Gasteiger partial charge in [0.2, 0.25) is 21.8 Å². The van der Waals surface area contributed by atoms with Gasteiger partial charge in [0.15, 0.2) is 5.54 Å². The summed E-state index contributed by atoms with van der Waals surface area (Å²) < 4.78 is 33.0. The Labute approximate surface area is 261 Å². The van der Waals surface area contributed by atoms with Crippen LogP contribution in [-0.4, -0.2) is 91.2 Å². The van der Waals surface area contributed by atoms with Crippen molar-refractivity contribution in [2.24, 2.45) is 35.0 Å². The molecule has 0 aromatic heterocycles. The third kappa shape index (κ3) is 7.62. The summed E-state index contributed by atoms with van der Waals surface area (Å²) in [4.78, 5) is 66.1. The van der Waals surface area contributed by atoms with E-state index in [-0.39, 0.29) is 24.5 Å². The fraction of sp³-hybridized carbons (Fsp3) is 0.552. The third-order valence-electron chi connectivity index (χ3n) is 8.81. The minimum absolute atomic E-state index is 0.0260. The Morgan fingerprint density at radius 1 is 1.11 bits per heavy atom. The maximum atomic E-state index is 13.4. The molecule has 1 aliphatic carbocycles. The molecule has 3 rings (SSSR count). The van der Waals surface area contributed by atoms with Crippen LogP contribution in [0.4, 0.5) is 0 Å². The summed E-state index contributed by atoms with van der Waals surface area (Å²) in [7, 11) is -3.07. The fourth-order valence-corrected chi connectivity index (χ4v) is 6.89. The second kappa shape index (κ2) is 14.0. The highest BCUT2D eigenvalue weighted by molar-refractivity contribution is 7.90. The van der Waals surface area contributed by atoms with Crippen molar-refractivity contribution in [3.63, 3.8) is 0 Å². The van der Waals surface area contributed by atoms with Crippen LogP contribution in [0.2, 0.25) is 0 Å². The average molecular weight is 651 g/mol. The number of nitrogens with zero attached hydrogens (tertiary/aromatic N) is 1. The van der Waals surface area contributed by atoms with Crippen molar-refractivity contribution in [3.05, 3.63) is 47.7 Å². The van der Waals surface area contributed by atoms with Crippen LogP contribution in [-0.2, 0) is 38.7 Å². The Kier molecular flexibility index (Phi) is 11.0. The molecule has 45 heavy (non-hydrogen) atoms. The highest BCUT2D eigenvalue weighted by Gasteiger charge is 2.65. The number of benzene rings is 1. The van der Waals surface area contributed by atoms with Crippen LogP contribution >= 0.6 is 0 Å². The highest BCUT2D eigenvalue weighted by Crippen LogP contribution is 2.48. The van der Waals surface area contributed by atoms with Gasteiger partial charge in [0.05, 0.1) is 6.04 Å². The molecule has 1 fully saturated rings. The molecule has 3 amide bonds. The zero-order chi connectivity index (χ0) is 33.9. The zero-order valence-corrected chi connectivity index (χ0v) is 26.5. The number of carboxylic acid groups (broad SMARTS) is 1.